The van der Waals surface area contributed by atoms with Crippen molar-refractivity contribution in [3.05, 3.63) is 81.9 Å². The summed E-state index contributed by atoms with van der Waals surface area (Å²) in [5.41, 5.74) is -1.60. The summed E-state index contributed by atoms with van der Waals surface area (Å²) >= 11 is 0. The molecule has 0 unspecified atom stereocenters. The van der Waals surface area contributed by atoms with Crippen molar-refractivity contribution in [3.63, 3.8) is 0 Å². The molecule has 3 atom stereocenters. The van der Waals surface area contributed by atoms with E-state index in [9.17, 15) is 35.8 Å². The standard InChI is InChI=1S/C27H30F7N5O3/c1-38(2)14-22-21(35-37-36-22)7-8-39-9-10-41-25(24(39)16-3-5-20(28)6-4-16)42-23(15-40)17-11-18(26(29,30)31)13-19(12-17)27(32,33)34/h3-6,11-13,23-25,40H,7-10,14-15H2,1-2H3,(H,35,36,37)/t23-,24+,25-/m1/s1. The smallest absolute Gasteiger partial charge is 0.393 e. The molecule has 2 N–H and O–H groups in total. The van der Waals surface area contributed by atoms with Crippen molar-refractivity contribution in [1.82, 2.24) is 25.2 Å². The number of hydrogen-bond acceptors (Lipinski definition) is 7. The maximum atomic E-state index is 13.8. The predicted octanol–water partition coefficient (Wildman–Crippen LogP) is 4.74. The third-order valence-electron chi connectivity index (χ3n) is 6.77. The van der Waals surface area contributed by atoms with Crippen molar-refractivity contribution < 1.29 is 45.3 Å². The van der Waals surface area contributed by atoms with Crippen LogP contribution in [-0.4, -0.2) is 77.0 Å². The van der Waals surface area contributed by atoms with Crippen LogP contribution < -0.4 is 0 Å². The Kier molecular flexibility index (Phi) is 9.88. The zero-order valence-corrected chi connectivity index (χ0v) is 22.7. The molecular weight excluding hydrogens is 575 g/mol. The lowest BCUT2D eigenvalue weighted by atomic mass is 10.00. The molecule has 3 aromatic rings. The summed E-state index contributed by atoms with van der Waals surface area (Å²) in [6.07, 6.45) is -12.5. The first kappa shape index (κ1) is 31.8. The van der Waals surface area contributed by atoms with Gasteiger partial charge >= 0.3 is 12.4 Å². The molecule has 0 amide bonds. The molecule has 1 aliphatic rings. The van der Waals surface area contributed by atoms with Gasteiger partial charge in [-0.2, -0.15) is 41.8 Å². The molecule has 1 fully saturated rings. The average molecular weight is 606 g/mol. The van der Waals surface area contributed by atoms with E-state index in [4.69, 9.17) is 9.47 Å². The first-order chi connectivity index (χ1) is 19.8. The normalized spacial score (nSPS) is 19.4. The monoisotopic (exact) mass is 605 g/mol. The van der Waals surface area contributed by atoms with Crippen molar-refractivity contribution in [2.24, 2.45) is 0 Å². The molecule has 15 heteroatoms. The quantitative estimate of drug-likeness (QED) is 0.323. The summed E-state index contributed by atoms with van der Waals surface area (Å²) in [5, 5.41) is 21.1. The van der Waals surface area contributed by atoms with Gasteiger partial charge in [-0.05, 0) is 55.6 Å². The van der Waals surface area contributed by atoms with Crippen molar-refractivity contribution in [3.8, 4) is 0 Å². The van der Waals surface area contributed by atoms with E-state index < -0.39 is 59.9 Å². The van der Waals surface area contributed by atoms with Crippen LogP contribution in [0.5, 0.6) is 0 Å². The lowest BCUT2D eigenvalue weighted by Gasteiger charge is -2.42. The Balaban J connectivity index is 1.64. The molecule has 0 spiro atoms. The minimum atomic E-state index is -5.07. The van der Waals surface area contributed by atoms with Crippen LogP contribution in [0.15, 0.2) is 42.5 Å². The number of aromatic nitrogens is 3. The van der Waals surface area contributed by atoms with E-state index in [1.54, 1.807) is 0 Å². The Bertz CT molecular complexity index is 1280. The molecule has 4 rings (SSSR count). The number of hydrogen-bond donors (Lipinski definition) is 2. The van der Waals surface area contributed by atoms with E-state index in [1.807, 2.05) is 23.9 Å². The van der Waals surface area contributed by atoms with Gasteiger partial charge in [0.1, 0.15) is 11.9 Å². The summed E-state index contributed by atoms with van der Waals surface area (Å²) in [7, 11) is 3.76. The molecule has 0 saturated carbocycles. The van der Waals surface area contributed by atoms with E-state index in [0.717, 1.165) is 5.69 Å². The highest BCUT2D eigenvalue weighted by molar-refractivity contribution is 5.35. The number of aliphatic hydroxyl groups is 1. The van der Waals surface area contributed by atoms with Crippen LogP contribution in [0.25, 0.3) is 0 Å². The summed E-state index contributed by atoms with van der Waals surface area (Å²) in [6.45, 7) is 0.497. The molecule has 2 aromatic carbocycles. The lowest BCUT2D eigenvalue weighted by Crippen LogP contribution is -2.47. The fourth-order valence-corrected chi connectivity index (χ4v) is 4.79. The third kappa shape index (κ3) is 7.83. The number of rotatable bonds is 10. The number of alkyl halides is 6. The molecule has 230 valence electrons. The Morgan fingerprint density at radius 2 is 1.64 bits per heavy atom. The van der Waals surface area contributed by atoms with Crippen LogP contribution in [0.4, 0.5) is 30.7 Å². The van der Waals surface area contributed by atoms with Gasteiger partial charge in [-0.25, -0.2) is 4.39 Å². The highest BCUT2D eigenvalue weighted by atomic mass is 19.4. The van der Waals surface area contributed by atoms with E-state index in [1.165, 1.54) is 24.3 Å². The summed E-state index contributed by atoms with van der Waals surface area (Å²) in [5.74, 6) is -0.507. The number of nitrogens with zero attached hydrogens (tertiary/aromatic N) is 4. The van der Waals surface area contributed by atoms with Gasteiger partial charge in [0, 0.05) is 26.1 Å². The molecule has 1 aromatic heterocycles. The minimum absolute atomic E-state index is 0.00651. The van der Waals surface area contributed by atoms with Crippen molar-refractivity contribution in [1.29, 1.82) is 0 Å². The van der Waals surface area contributed by atoms with Crippen LogP contribution in [0.3, 0.4) is 0 Å². The first-order valence-electron chi connectivity index (χ1n) is 13.0. The average Bonchev–Trinajstić information content (AvgIpc) is 3.36. The molecule has 42 heavy (non-hydrogen) atoms. The second kappa shape index (κ2) is 13.0. The third-order valence-corrected chi connectivity index (χ3v) is 6.77. The zero-order chi connectivity index (χ0) is 30.7. The highest BCUT2D eigenvalue weighted by Crippen LogP contribution is 2.39. The number of ether oxygens (including phenoxy) is 2. The molecule has 1 aliphatic heterocycles. The van der Waals surface area contributed by atoms with Gasteiger partial charge in [0.15, 0.2) is 6.29 Å². The fraction of sp³-hybridized carbons (Fsp3) is 0.481. The van der Waals surface area contributed by atoms with Crippen LogP contribution in [0.1, 0.15) is 45.8 Å². The van der Waals surface area contributed by atoms with E-state index in [0.29, 0.717) is 49.4 Å². The van der Waals surface area contributed by atoms with Gasteiger partial charge < -0.3 is 19.5 Å². The minimum Gasteiger partial charge on any atom is -0.393 e. The summed E-state index contributed by atoms with van der Waals surface area (Å²) in [6, 6.07) is 5.71. The second-order valence-electron chi connectivity index (χ2n) is 10.1. The van der Waals surface area contributed by atoms with Crippen LogP contribution in [-0.2, 0) is 34.8 Å². The summed E-state index contributed by atoms with van der Waals surface area (Å²) < 4.78 is 106. The van der Waals surface area contributed by atoms with Crippen LogP contribution in [0, 0.1) is 5.82 Å². The number of morpholine rings is 1. The summed E-state index contributed by atoms with van der Waals surface area (Å²) in [4.78, 5) is 3.87. The molecule has 1 saturated heterocycles. The van der Waals surface area contributed by atoms with Crippen molar-refractivity contribution in [2.75, 3.05) is 40.4 Å². The largest absolute Gasteiger partial charge is 0.416 e. The second-order valence-corrected chi connectivity index (χ2v) is 10.1. The van der Waals surface area contributed by atoms with Gasteiger partial charge in [-0.3, -0.25) is 4.90 Å². The van der Waals surface area contributed by atoms with E-state index in [-0.39, 0.29) is 12.7 Å². The zero-order valence-electron chi connectivity index (χ0n) is 22.7. The molecule has 0 bridgehead atoms. The number of benzene rings is 2. The van der Waals surface area contributed by atoms with Gasteiger partial charge in [-0.15, -0.1) is 0 Å². The fourth-order valence-electron chi connectivity index (χ4n) is 4.79. The number of H-pyrrole nitrogens is 1. The number of aliphatic hydroxyl groups excluding tert-OH is 1. The maximum absolute atomic E-state index is 13.8. The Labute approximate surface area is 237 Å². The molecule has 2 heterocycles. The number of aromatic amines is 1. The van der Waals surface area contributed by atoms with Crippen molar-refractivity contribution in [2.45, 2.75) is 43.8 Å². The SMILES string of the molecule is CN(C)Cc1n[nH]nc1CCN1CCO[C@H](O[C@H](CO)c2cc(C(F)(F)F)cc(C(F)(F)F)c2)[C@@H]1c1ccc(F)cc1. The maximum Gasteiger partial charge on any atom is 0.416 e. The van der Waals surface area contributed by atoms with E-state index in [2.05, 4.69) is 15.4 Å². The Morgan fingerprint density at radius 1 is 1.02 bits per heavy atom. The van der Waals surface area contributed by atoms with Crippen molar-refractivity contribution >= 4 is 0 Å². The number of nitrogens with one attached hydrogen (secondary N) is 1. The van der Waals surface area contributed by atoms with Crippen LogP contribution in [0.2, 0.25) is 0 Å². The molecule has 0 aliphatic carbocycles. The molecule has 0 radical (unpaired) electrons. The van der Waals surface area contributed by atoms with Crippen LogP contribution >= 0.6 is 0 Å². The Hall–Kier alpha value is -3.11. The van der Waals surface area contributed by atoms with E-state index >= 15 is 0 Å². The van der Waals surface area contributed by atoms with Gasteiger partial charge in [0.25, 0.3) is 0 Å². The highest BCUT2D eigenvalue weighted by Gasteiger charge is 2.40. The van der Waals surface area contributed by atoms with Gasteiger partial charge in [0.2, 0.25) is 0 Å². The Morgan fingerprint density at radius 3 is 2.21 bits per heavy atom. The van der Waals surface area contributed by atoms with Gasteiger partial charge in [0.05, 0.1) is 41.8 Å². The lowest BCUT2D eigenvalue weighted by molar-refractivity contribution is -0.237. The number of halogens is 7. The van der Waals surface area contributed by atoms with Gasteiger partial charge in [-0.1, -0.05) is 12.1 Å². The first-order valence-corrected chi connectivity index (χ1v) is 13.0. The molecular formula is C27H30F7N5O3. The predicted molar refractivity (Wildman–Crippen MR) is 135 cm³/mol. The molecule has 8 nitrogen and oxygen atoms in total. The topological polar surface area (TPSA) is 86.7 Å².